The molecule has 4 nitrogen and oxygen atoms in total. The molecule has 90 valence electrons. The van der Waals surface area contributed by atoms with Gasteiger partial charge in [-0.25, -0.2) is 0 Å². The van der Waals surface area contributed by atoms with E-state index in [1.54, 1.807) is 4.90 Å². The first-order valence-corrected chi connectivity index (χ1v) is 6.50. The van der Waals surface area contributed by atoms with E-state index in [1.807, 2.05) is 0 Å². The van der Waals surface area contributed by atoms with Crippen molar-refractivity contribution in [3.63, 3.8) is 0 Å². The fourth-order valence-corrected chi connectivity index (χ4v) is 2.87. The molecule has 1 unspecified atom stereocenters. The van der Waals surface area contributed by atoms with E-state index in [1.165, 1.54) is 11.3 Å². The lowest BCUT2D eigenvalue weighted by Crippen LogP contribution is -2.24. The second-order valence-electron chi connectivity index (χ2n) is 4.65. The molecule has 1 amide bonds. The number of nitrogens with zero attached hydrogens (tertiary/aromatic N) is 3. The number of rotatable bonds is 3. The Morgan fingerprint density at radius 1 is 1.59 bits per heavy atom. The molecule has 1 aliphatic heterocycles. The monoisotopic (exact) mass is 249 g/mol. The van der Waals surface area contributed by atoms with Gasteiger partial charge in [0.2, 0.25) is 11.0 Å². The maximum Gasteiger partial charge on any atom is 0.230 e. The topological polar surface area (TPSA) is 46.1 Å². The van der Waals surface area contributed by atoms with Crippen LogP contribution in [0.3, 0.4) is 0 Å². The van der Waals surface area contributed by atoms with Crippen LogP contribution in [0.15, 0.2) is 0 Å². The quantitative estimate of drug-likeness (QED) is 0.766. The fraction of sp³-hybridized carbons (Fsp3) is 0.583. The average Bonchev–Trinajstić information content (AvgIpc) is 2.83. The third kappa shape index (κ3) is 2.64. The highest BCUT2D eigenvalue weighted by molar-refractivity contribution is 7.15. The second kappa shape index (κ2) is 4.84. The number of carbonyl (C=O) groups excluding carboxylic acids is 1. The normalized spacial score (nSPS) is 20.0. The van der Waals surface area contributed by atoms with Gasteiger partial charge in [-0.2, -0.15) is 0 Å². The summed E-state index contributed by atoms with van der Waals surface area (Å²) in [6.07, 6.45) is 6.67. The van der Waals surface area contributed by atoms with Crippen molar-refractivity contribution < 1.29 is 4.79 Å². The van der Waals surface area contributed by atoms with Crippen LogP contribution in [0.1, 0.15) is 25.3 Å². The van der Waals surface area contributed by atoms with E-state index in [0.29, 0.717) is 24.0 Å². The minimum absolute atomic E-state index is 0.0138. The van der Waals surface area contributed by atoms with Gasteiger partial charge in [-0.05, 0) is 5.92 Å². The Hall–Kier alpha value is -1.41. The molecule has 0 aliphatic carbocycles. The maximum atomic E-state index is 11.7. The van der Waals surface area contributed by atoms with Gasteiger partial charge >= 0.3 is 0 Å². The van der Waals surface area contributed by atoms with Gasteiger partial charge in [0.15, 0.2) is 0 Å². The third-order valence-corrected chi connectivity index (χ3v) is 3.60. The van der Waals surface area contributed by atoms with E-state index in [-0.39, 0.29) is 11.8 Å². The van der Waals surface area contributed by atoms with Gasteiger partial charge in [-0.1, -0.05) is 25.2 Å². The standard InChI is InChI=1S/C12H15N3OS/c1-4-9-6-11(16)15(7-9)12-14-13-10(17-12)5-8(2)3/h1,8-9H,5-7H2,2-3H3. The molecule has 2 heterocycles. The van der Waals surface area contributed by atoms with Crippen LogP contribution in [-0.2, 0) is 11.2 Å². The van der Waals surface area contributed by atoms with E-state index in [2.05, 4.69) is 30.0 Å². The molecular weight excluding hydrogens is 234 g/mol. The first kappa shape index (κ1) is 12.1. The van der Waals surface area contributed by atoms with E-state index >= 15 is 0 Å². The molecule has 1 aromatic heterocycles. The van der Waals surface area contributed by atoms with Gasteiger partial charge in [0.1, 0.15) is 5.01 Å². The number of amides is 1. The molecule has 5 heteroatoms. The number of terminal acetylenes is 1. The summed E-state index contributed by atoms with van der Waals surface area (Å²) in [4.78, 5) is 13.4. The zero-order chi connectivity index (χ0) is 12.4. The number of aromatic nitrogens is 2. The lowest BCUT2D eigenvalue weighted by Gasteiger charge is -2.09. The van der Waals surface area contributed by atoms with E-state index in [0.717, 1.165) is 11.4 Å². The van der Waals surface area contributed by atoms with Gasteiger partial charge in [-0.15, -0.1) is 22.5 Å². The number of carbonyl (C=O) groups is 1. The summed E-state index contributed by atoms with van der Waals surface area (Å²) in [6.45, 7) is 4.85. The molecule has 0 N–H and O–H groups in total. The van der Waals surface area contributed by atoms with Crippen LogP contribution in [0.2, 0.25) is 0 Å². The summed E-state index contributed by atoms with van der Waals surface area (Å²) in [5.74, 6) is 3.24. The average molecular weight is 249 g/mol. The van der Waals surface area contributed by atoms with Crippen molar-refractivity contribution in [1.82, 2.24) is 10.2 Å². The largest absolute Gasteiger partial charge is 0.285 e. The highest BCUT2D eigenvalue weighted by atomic mass is 32.1. The fourth-order valence-electron chi connectivity index (χ4n) is 1.79. The van der Waals surface area contributed by atoms with Gasteiger partial charge in [0, 0.05) is 25.3 Å². The van der Waals surface area contributed by atoms with E-state index < -0.39 is 0 Å². The van der Waals surface area contributed by atoms with Crippen molar-refractivity contribution in [2.75, 3.05) is 11.4 Å². The predicted molar refractivity (Wildman–Crippen MR) is 67.7 cm³/mol. The van der Waals surface area contributed by atoms with Crippen molar-refractivity contribution in [3.05, 3.63) is 5.01 Å². The Labute approximate surface area is 105 Å². The minimum atomic E-state index is 0.0138. The van der Waals surface area contributed by atoms with Crippen LogP contribution in [-0.4, -0.2) is 22.6 Å². The zero-order valence-electron chi connectivity index (χ0n) is 10.0. The molecule has 0 bridgehead atoms. The molecule has 0 spiro atoms. The van der Waals surface area contributed by atoms with Gasteiger partial charge in [0.05, 0.1) is 0 Å². The summed E-state index contributed by atoms with van der Waals surface area (Å²) >= 11 is 1.49. The Morgan fingerprint density at radius 2 is 2.35 bits per heavy atom. The second-order valence-corrected chi connectivity index (χ2v) is 5.69. The predicted octanol–water partition coefficient (Wildman–Crippen LogP) is 1.72. The van der Waals surface area contributed by atoms with Crippen LogP contribution < -0.4 is 4.90 Å². The van der Waals surface area contributed by atoms with Crippen LogP contribution in [0.5, 0.6) is 0 Å². The van der Waals surface area contributed by atoms with Crippen molar-refractivity contribution in [2.24, 2.45) is 11.8 Å². The highest BCUT2D eigenvalue weighted by Gasteiger charge is 2.31. The highest BCUT2D eigenvalue weighted by Crippen LogP contribution is 2.28. The lowest BCUT2D eigenvalue weighted by atomic mass is 10.1. The molecule has 1 fully saturated rings. The molecule has 1 atom stereocenters. The molecule has 1 saturated heterocycles. The number of hydrogen-bond acceptors (Lipinski definition) is 4. The number of hydrogen-bond donors (Lipinski definition) is 0. The Balaban J connectivity index is 2.10. The zero-order valence-corrected chi connectivity index (χ0v) is 10.8. The molecule has 1 aliphatic rings. The Morgan fingerprint density at radius 3 is 2.94 bits per heavy atom. The van der Waals surface area contributed by atoms with Crippen LogP contribution in [0.25, 0.3) is 0 Å². The molecule has 0 saturated carbocycles. The summed E-state index contributed by atoms with van der Waals surface area (Å²) in [7, 11) is 0. The summed E-state index contributed by atoms with van der Waals surface area (Å²) in [6, 6.07) is 0. The van der Waals surface area contributed by atoms with Crippen LogP contribution in [0.4, 0.5) is 5.13 Å². The van der Waals surface area contributed by atoms with Crippen LogP contribution >= 0.6 is 11.3 Å². The van der Waals surface area contributed by atoms with Crippen molar-refractivity contribution in [1.29, 1.82) is 0 Å². The molecule has 1 aromatic rings. The summed E-state index contributed by atoms with van der Waals surface area (Å²) < 4.78 is 0. The first-order valence-electron chi connectivity index (χ1n) is 5.69. The van der Waals surface area contributed by atoms with Crippen molar-refractivity contribution in [3.8, 4) is 12.3 Å². The van der Waals surface area contributed by atoms with Crippen molar-refractivity contribution >= 4 is 22.4 Å². The summed E-state index contributed by atoms with van der Waals surface area (Å²) in [5.41, 5.74) is 0. The minimum Gasteiger partial charge on any atom is -0.285 e. The molecule has 2 rings (SSSR count). The van der Waals surface area contributed by atoms with Gasteiger partial charge in [-0.3, -0.25) is 9.69 Å². The SMILES string of the molecule is C#CC1CC(=O)N(c2nnc(CC(C)C)s2)C1. The molecule has 0 aromatic carbocycles. The molecule has 0 radical (unpaired) electrons. The van der Waals surface area contributed by atoms with Crippen LogP contribution in [0, 0.1) is 24.2 Å². The number of anilines is 1. The summed E-state index contributed by atoms with van der Waals surface area (Å²) in [5, 5.41) is 9.85. The van der Waals surface area contributed by atoms with Gasteiger partial charge in [0.25, 0.3) is 0 Å². The lowest BCUT2D eigenvalue weighted by molar-refractivity contribution is -0.117. The third-order valence-electron chi connectivity index (χ3n) is 2.63. The maximum absolute atomic E-state index is 11.7. The van der Waals surface area contributed by atoms with E-state index in [4.69, 9.17) is 6.42 Å². The van der Waals surface area contributed by atoms with E-state index in [9.17, 15) is 4.79 Å². The van der Waals surface area contributed by atoms with Gasteiger partial charge < -0.3 is 0 Å². The first-order chi connectivity index (χ1) is 8.10. The Kier molecular flexibility index (Phi) is 3.43. The molecule has 17 heavy (non-hydrogen) atoms. The Bertz CT molecular complexity index is 461. The molecular formula is C12H15N3OS. The van der Waals surface area contributed by atoms with Crippen molar-refractivity contribution in [2.45, 2.75) is 26.7 Å². The smallest absolute Gasteiger partial charge is 0.230 e.